The highest BCUT2D eigenvalue weighted by atomic mass is 16.6. The van der Waals surface area contributed by atoms with Crippen LogP contribution in [0.15, 0.2) is 30.3 Å². The molecule has 0 bridgehead atoms. The first-order valence-electron chi connectivity index (χ1n) is 6.84. The van der Waals surface area contributed by atoms with Crippen LogP contribution in [0.5, 0.6) is 0 Å². The van der Waals surface area contributed by atoms with Crippen LogP contribution in [0.2, 0.25) is 0 Å². The van der Waals surface area contributed by atoms with E-state index >= 15 is 0 Å². The molecule has 2 saturated carbocycles. The molecule has 0 aliphatic heterocycles. The zero-order valence-corrected chi connectivity index (χ0v) is 11.1. The molecule has 3 rings (SSSR count). The van der Waals surface area contributed by atoms with Crippen molar-refractivity contribution in [2.75, 3.05) is 0 Å². The minimum atomic E-state index is -0.275. The van der Waals surface area contributed by atoms with Crippen LogP contribution in [0.25, 0.3) is 0 Å². The normalized spacial score (nSPS) is 37.8. The lowest BCUT2D eigenvalue weighted by molar-refractivity contribution is -0.110. The lowest BCUT2D eigenvalue weighted by atomic mass is 9.58. The van der Waals surface area contributed by atoms with Crippen molar-refractivity contribution in [1.82, 2.24) is 0 Å². The largest absolute Gasteiger partial charge is 0.455 e. The van der Waals surface area contributed by atoms with E-state index in [9.17, 15) is 4.79 Å². The summed E-state index contributed by atoms with van der Waals surface area (Å²) in [5, 5.41) is 0. The van der Waals surface area contributed by atoms with Gasteiger partial charge in [0.1, 0.15) is 5.60 Å². The van der Waals surface area contributed by atoms with Crippen molar-refractivity contribution >= 4 is 5.97 Å². The van der Waals surface area contributed by atoms with Crippen LogP contribution in [0.4, 0.5) is 0 Å². The summed E-state index contributed by atoms with van der Waals surface area (Å²) in [7, 11) is 0. The molecular weight excluding hydrogens is 224 g/mol. The number of carbonyl (C=O) groups is 1. The van der Waals surface area contributed by atoms with Gasteiger partial charge in [-0.1, -0.05) is 25.1 Å². The second-order valence-electron chi connectivity index (χ2n) is 6.18. The van der Waals surface area contributed by atoms with Gasteiger partial charge in [-0.2, -0.15) is 0 Å². The van der Waals surface area contributed by atoms with E-state index in [0.29, 0.717) is 5.56 Å². The standard InChI is InChI=1S/C16H20O2/c1-15-10-8-13(15)9-11-16(15,2)18-14(17)12-6-4-3-5-7-12/h3-7,13H,8-11H2,1-2H3/t13-,15-,16-/m1/s1. The monoisotopic (exact) mass is 244 g/mol. The van der Waals surface area contributed by atoms with E-state index in [-0.39, 0.29) is 17.0 Å². The molecule has 2 nitrogen and oxygen atoms in total. The number of hydrogen-bond acceptors (Lipinski definition) is 2. The van der Waals surface area contributed by atoms with Crippen LogP contribution in [0.3, 0.4) is 0 Å². The third-order valence-electron chi connectivity index (χ3n) is 5.42. The van der Waals surface area contributed by atoms with Gasteiger partial charge in [-0.3, -0.25) is 0 Å². The maximum atomic E-state index is 12.2. The zero-order chi connectivity index (χ0) is 12.8. The van der Waals surface area contributed by atoms with E-state index in [4.69, 9.17) is 4.74 Å². The molecule has 0 radical (unpaired) electrons. The Labute approximate surface area is 108 Å². The first kappa shape index (κ1) is 11.8. The molecule has 2 fully saturated rings. The van der Waals surface area contributed by atoms with E-state index in [1.165, 1.54) is 19.3 Å². The average Bonchev–Trinajstić information content (AvgIpc) is 2.52. The van der Waals surface area contributed by atoms with Crippen molar-refractivity contribution in [2.45, 2.75) is 45.1 Å². The maximum Gasteiger partial charge on any atom is 0.338 e. The molecule has 2 aliphatic rings. The van der Waals surface area contributed by atoms with E-state index in [1.807, 2.05) is 30.3 Å². The van der Waals surface area contributed by atoms with Gasteiger partial charge in [0.05, 0.1) is 5.56 Å². The van der Waals surface area contributed by atoms with Crippen molar-refractivity contribution in [1.29, 1.82) is 0 Å². The molecule has 3 atom stereocenters. The Morgan fingerprint density at radius 2 is 1.83 bits per heavy atom. The molecule has 0 N–H and O–H groups in total. The molecule has 0 aromatic heterocycles. The zero-order valence-electron chi connectivity index (χ0n) is 11.1. The molecular formula is C16H20O2. The summed E-state index contributed by atoms with van der Waals surface area (Å²) in [6.45, 7) is 4.40. The van der Waals surface area contributed by atoms with Gasteiger partial charge in [0.2, 0.25) is 0 Å². The van der Waals surface area contributed by atoms with Crippen molar-refractivity contribution in [3.05, 3.63) is 35.9 Å². The molecule has 0 heterocycles. The summed E-state index contributed by atoms with van der Waals surface area (Å²) in [5.41, 5.74) is 0.588. The summed E-state index contributed by atoms with van der Waals surface area (Å²) < 4.78 is 5.88. The van der Waals surface area contributed by atoms with E-state index in [2.05, 4.69) is 13.8 Å². The quantitative estimate of drug-likeness (QED) is 0.739. The fraction of sp³-hybridized carbons (Fsp3) is 0.562. The van der Waals surface area contributed by atoms with Crippen LogP contribution in [0.1, 0.15) is 49.9 Å². The van der Waals surface area contributed by atoms with Gasteiger partial charge in [-0.25, -0.2) is 4.79 Å². The third kappa shape index (κ3) is 1.51. The van der Waals surface area contributed by atoms with Crippen molar-refractivity contribution in [3.63, 3.8) is 0 Å². The van der Waals surface area contributed by atoms with E-state index in [1.54, 1.807) is 0 Å². The van der Waals surface area contributed by atoms with Crippen molar-refractivity contribution < 1.29 is 9.53 Å². The third-order valence-corrected chi connectivity index (χ3v) is 5.42. The summed E-state index contributed by atoms with van der Waals surface area (Å²) in [6.07, 6.45) is 4.70. The first-order chi connectivity index (χ1) is 8.55. The molecule has 1 aromatic carbocycles. The maximum absolute atomic E-state index is 12.2. The topological polar surface area (TPSA) is 26.3 Å². The Bertz CT molecular complexity index is 467. The smallest absolute Gasteiger partial charge is 0.338 e. The van der Waals surface area contributed by atoms with Crippen LogP contribution < -0.4 is 0 Å². The SMILES string of the molecule is C[C@@]1(OC(=O)c2ccccc2)CC[C@H]2CC[C@]21C. The van der Waals surface area contributed by atoms with Crippen LogP contribution in [0, 0.1) is 11.3 Å². The Morgan fingerprint density at radius 3 is 2.39 bits per heavy atom. The number of benzene rings is 1. The van der Waals surface area contributed by atoms with Gasteiger partial charge < -0.3 is 4.74 Å². The summed E-state index contributed by atoms with van der Waals surface area (Å²) in [6, 6.07) is 9.31. The lowest BCUT2D eigenvalue weighted by Crippen LogP contribution is -2.50. The van der Waals surface area contributed by atoms with Crippen molar-refractivity contribution in [2.24, 2.45) is 11.3 Å². The van der Waals surface area contributed by atoms with E-state index < -0.39 is 0 Å². The van der Waals surface area contributed by atoms with Crippen LogP contribution >= 0.6 is 0 Å². The van der Waals surface area contributed by atoms with Gasteiger partial charge in [0.15, 0.2) is 0 Å². The molecule has 2 heteroatoms. The van der Waals surface area contributed by atoms with Crippen molar-refractivity contribution in [3.8, 4) is 0 Å². The van der Waals surface area contributed by atoms with Crippen LogP contribution in [-0.2, 0) is 4.74 Å². The molecule has 96 valence electrons. The number of hydrogen-bond donors (Lipinski definition) is 0. The van der Waals surface area contributed by atoms with Gasteiger partial charge in [-0.05, 0) is 50.7 Å². The minimum Gasteiger partial charge on any atom is -0.455 e. The number of rotatable bonds is 2. The second kappa shape index (κ2) is 3.84. The average molecular weight is 244 g/mol. The first-order valence-corrected chi connectivity index (χ1v) is 6.84. The molecule has 0 saturated heterocycles. The summed E-state index contributed by atoms with van der Waals surface area (Å²) in [4.78, 5) is 12.2. The molecule has 0 unspecified atom stereocenters. The molecule has 2 aliphatic carbocycles. The van der Waals surface area contributed by atoms with Gasteiger partial charge in [-0.15, -0.1) is 0 Å². The summed E-state index contributed by atoms with van der Waals surface area (Å²) >= 11 is 0. The Balaban J connectivity index is 1.79. The Morgan fingerprint density at radius 1 is 1.17 bits per heavy atom. The fourth-order valence-corrected chi connectivity index (χ4v) is 3.68. The minimum absolute atomic E-state index is 0.174. The van der Waals surface area contributed by atoms with Gasteiger partial charge in [0.25, 0.3) is 0 Å². The molecule has 18 heavy (non-hydrogen) atoms. The highest BCUT2D eigenvalue weighted by Crippen LogP contribution is 2.63. The Hall–Kier alpha value is -1.31. The predicted molar refractivity (Wildman–Crippen MR) is 70.3 cm³/mol. The molecule has 0 amide bonds. The predicted octanol–water partition coefficient (Wildman–Crippen LogP) is 3.81. The molecule has 0 spiro atoms. The second-order valence-corrected chi connectivity index (χ2v) is 6.18. The Kier molecular flexibility index (Phi) is 2.51. The fourth-order valence-electron chi connectivity index (χ4n) is 3.68. The number of esters is 1. The highest BCUT2D eigenvalue weighted by Gasteiger charge is 2.61. The highest BCUT2D eigenvalue weighted by molar-refractivity contribution is 5.89. The van der Waals surface area contributed by atoms with Crippen LogP contribution in [-0.4, -0.2) is 11.6 Å². The van der Waals surface area contributed by atoms with E-state index in [0.717, 1.165) is 12.3 Å². The number of fused-ring (bicyclic) bond motifs is 1. The number of ether oxygens (including phenoxy) is 1. The van der Waals surface area contributed by atoms with Gasteiger partial charge in [0, 0.05) is 5.41 Å². The summed E-state index contributed by atoms with van der Waals surface area (Å²) in [5.74, 6) is 0.581. The van der Waals surface area contributed by atoms with Gasteiger partial charge >= 0.3 is 5.97 Å². The molecule has 1 aromatic rings. The number of carbonyl (C=O) groups excluding carboxylic acids is 1. The lowest BCUT2D eigenvalue weighted by Gasteiger charge is -2.50.